The number of aliphatic hydroxyl groups is 1. The summed E-state index contributed by atoms with van der Waals surface area (Å²) in [7, 11) is 0. The summed E-state index contributed by atoms with van der Waals surface area (Å²) < 4.78 is 0. The minimum atomic E-state index is -0.546. The van der Waals surface area contributed by atoms with Crippen molar-refractivity contribution in [2.24, 2.45) is 5.92 Å². The molecule has 2 atom stereocenters. The minimum absolute atomic E-state index is 0.0960. The Morgan fingerprint density at radius 3 is 2.86 bits per heavy atom. The van der Waals surface area contributed by atoms with E-state index in [0.717, 1.165) is 16.7 Å². The van der Waals surface area contributed by atoms with Gasteiger partial charge in [-0.15, -0.1) is 0 Å². The van der Waals surface area contributed by atoms with Gasteiger partial charge in [-0.05, 0) is 31.9 Å². The van der Waals surface area contributed by atoms with E-state index in [1.54, 1.807) is 6.92 Å². The number of rotatable bonds is 1. The molecule has 0 spiro atoms. The molecule has 0 amide bonds. The highest BCUT2D eigenvalue weighted by Crippen LogP contribution is 2.29. The Labute approximate surface area is 83.6 Å². The van der Waals surface area contributed by atoms with Crippen LogP contribution in [-0.2, 0) is 6.42 Å². The van der Waals surface area contributed by atoms with Crippen LogP contribution in [0, 0.1) is 12.8 Å². The Morgan fingerprint density at radius 2 is 2.21 bits per heavy atom. The largest absolute Gasteiger partial charge is 0.393 e. The van der Waals surface area contributed by atoms with Crippen molar-refractivity contribution >= 4 is 5.78 Å². The van der Waals surface area contributed by atoms with E-state index in [0.29, 0.717) is 6.42 Å². The van der Waals surface area contributed by atoms with Crippen LogP contribution in [0.4, 0.5) is 0 Å². The molecule has 2 heteroatoms. The van der Waals surface area contributed by atoms with Crippen LogP contribution in [0.15, 0.2) is 18.2 Å². The molecule has 1 aromatic carbocycles. The molecular weight excluding hydrogens is 176 g/mol. The fourth-order valence-corrected chi connectivity index (χ4v) is 2.02. The molecule has 2 rings (SSSR count). The zero-order valence-corrected chi connectivity index (χ0v) is 8.45. The quantitative estimate of drug-likeness (QED) is 0.732. The van der Waals surface area contributed by atoms with Crippen LogP contribution in [0.1, 0.15) is 28.4 Å². The van der Waals surface area contributed by atoms with Crippen molar-refractivity contribution in [1.29, 1.82) is 0 Å². The number of carbonyl (C=O) groups excluding carboxylic acids is 1. The first-order chi connectivity index (χ1) is 6.59. The summed E-state index contributed by atoms with van der Waals surface area (Å²) in [5.74, 6) is -0.134. The molecule has 74 valence electrons. The molecule has 2 nitrogen and oxygen atoms in total. The van der Waals surface area contributed by atoms with E-state index >= 15 is 0 Å². The summed E-state index contributed by atoms with van der Waals surface area (Å²) in [5, 5.41) is 9.44. The molecule has 0 bridgehead atoms. The van der Waals surface area contributed by atoms with Gasteiger partial charge in [0.1, 0.15) is 0 Å². The van der Waals surface area contributed by atoms with Crippen LogP contribution in [-0.4, -0.2) is 17.0 Å². The molecule has 0 aliphatic heterocycles. The van der Waals surface area contributed by atoms with E-state index in [-0.39, 0.29) is 11.7 Å². The second-order valence-corrected chi connectivity index (χ2v) is 4.08. The summed E-state index contributed by atoms with van der Waals surface area (Å²) >= 11 is 0. The summed E-state index contributed by atoms with van der Waals surface area (Å²) in [6, 6.07) is 5.92. The van der Waals surface area contributed by atoms with Gasteiger partial charge in [-0.2, -0.15) is 0 Å². The fraction of sp³-hybridized carbons (Fsp3) is 0.417. The summed E-state index contributed by atoms with van der Waals surface area (Å²) in [4.78, 5) is 11.8. The Morgan fingerprint density at radius 1 is 1.50 bits per heavy atom. The monoisotopic (exact) mass is 190 g/mol. The molecule has 1 N–H and O–H groups in total. The van der Waals surface area contributed by atoms with Gasteiger partial charge < -0.3 is 5.11 Å². The average Bonchev–Trinajstić information content (AvgIpc) is 2.44. The molecule has 1 aromatic rings. The van der Waals surface area contributed by atoms with Crippen molar-refractivity contribution in [3.05, 3.63) is 34.9 Å². The lowest BCUT2D eigenvalue weighted by molar-refractivity contribution is 0.0758. The Kier molecular flexibility index (Phi) is 2.16. The van der Waals surface area contributed by atoms with E-state index in [4.69, 9.17) is 0 Å². The third-order valence-electron chi connectivity index (χ3n) is 2.89. The molecular formula is C12H14O2. The van der Waals surface area contributed by atoms with Crippen molar-refractivity contribution in [1.82, 2.24) is 0 Å². The zero-order valence-electron chi connectivity index (χ0n) is 8.45. The number of ketones is 1. The lowest BCUT2D eigenvalue weighted by atomic mass is 9.99. The third kappa shape index (κ3) is 1.36. The van der Waals surface area contributed by atoms with Gasteiger partial charge in [0.05, 0.1) is 12.0 Å². The van der Waals surface area contributed by atoms with Crippen LogP contribution in [0.3, 0.4) is 0 Å². The van der Waals surface area contributed by atoms with Crippen LogP contribution in [0.5, 0.6) is 0 Å². The Hall–Kier alpha value is -1.15. The lowest BCUT2D eigenvalue weighted by Gasteiger charge is -2.09. The maximum Gasteiger partial charge on any atom is 0.169 e. The molecule has 0 heterocycles. The standard InChI is InChI=1S/C12H14O2/c1-7-3-4-9-6-10(8(2)13)12(14)11(9)5-7/h3-5,8,10,13H,6H2,1-2H3. The van der Waals surface area contributed by atoms with Crippen molar-refractivity contribution < 1.29 is 9.90 Å². The lowest BCUT2D eigenvalue weighted by Crippen LogP contribution is -2.22. The van der Waals surface area contributed by atoms with Gasteiger partial charge in [-0.25, -0.2) is 0 Å². The summed E-state index contributed by atoms with van der Waals surface area (Å²) in [5.41, 5.74) is 2.98. The van der Waals surface area contributed by atoms with Crippen LogP contribution in [0.25, 0.3) is 0 Å². The Balaban J connectivity index is 2.41. The first kappa shape index (κ1) is 9.41. The topological polar surface area (TPSA) is 37.3 Å². The molecule has 0 radical (unpaired) electrons. The number of aryl methyl sites for hydroxylation is 1. The minimum Gasteiger partial charge on any atom is -0.393 e. The van der Waals surface area contributed by atoms with Crippen molar-refractivity contribution in [3.63, 3.8) is 0 Å². The fourth-order valence-electron chi connectivity index (χ4n) is 2.02. The van der Waals surface area contributed by atoms with Gasteiger partial charge in [-0.3, -0.25) is 4.79 Å². The first-order valence-corrected chi connectivity index (χ1v) is 4.91. The molecule has 0 fully saturated rings. The van der Waals surface area contributed by atoms with Crippen molar-refractivity contribution in [2.75, 3.05) is 0 Å². The number of carbonyl (C=O) groups is 1. The zero-order chi connectivity index (χ0) is 10.3. The normalized spacial score (nSPS) is 22.2. The van der Waals surface area contributed by atoms with Gasteiger partial charge in [0.2, 0.25) is 0 Å². The molecule has 14 heavy (non-hydrogen) atoms. The van der Waals surface area contributed by atoms with Gasteiger partial charge >= 0.3 is 0 Å². The number of hydrogen-bond acceptors (Lipinski definition) is 2. The van der Waals surface area contributed by atoms with Gasteiger partial charge in [0.25, 0.3) is 0 Å². The highest BCUT2D eigenvalue weighted by atomic mass is 16.3. The second kappa shape index (κ2) is 3.21. The molecule has 0 saturated carbocycles. The van der Waals surface area contributed by atoms with Gasteiger partial charge in [0, 0.05) is 5.56 Å². The van der Waals surface area contributed by atoms with E-state index < -0.39 is 6.10 Å². The first-order valence-electron chi connectivity index (χ1n) is 4.91. The number of aliphatic hydroxyl groups excluding tert-OH is 1. The number of hydrogen-bond donors (Lipinski definition) is 1. The highest BCUT2D eigenvalue weighted by molar-refractivity contribution is 6.02. The maximum atomic E-state index is 11.8. The predicted molar refractivity (Wildman–Crippen MR) is 54.4 cm³/mol. The van der Waals surface area contributed by atoms with E-state index in [1.165, 1.54) is 0 Å². The smallest absolute Gasteiger partial charge is 0.169 e. The van der Waals surface area contributed by atoms with Crippen LogP contribution in [0.2, 0.25) is 0 Å². The van der Waals surface area contributed by atoms with Crippen molar-refractivity contribution in [2.45, 2.75) is 26.4 Å². The van der Waals surface area contributed by atoms with E-state index in [2.05, 4.69) is 0 Å². The van der Waals surface area contributed by atoms with Crippen LogP contribution < -0.4 is 0 Å². The Bertz CT molecular complexity index is 380. The third-order valence-corrected chi connectivity index (χ3v) is 2.89. The second-order valence-electron chi connectivity index (χ2n) is 4.08. The summed E-state index contributed by atoms with van der Waals surface area (Å²) in [6.45, 7) is 3.66. The highest BCUT2D eigenvalue weighted by Gasteiger charge is 2.33. The van der Waals surface area contributed by atoms with Crippen molar-refractivity contribution in [3.8, 4) is 0 Å². The van der Waals surface area contributed by atoms with E-state index in [9.17, 15) is 9.90 Å². The molecule has 0 saturated heterocycles. The number of fused-ring (bicyclic) bond motifs is 1. The van der Waals surface area contributed by atoms with Gasteiger partial charge in [-0.1, -0.05) is 17.7 Å². The number of Topliss-reactive ketones (excluding diaryl/α,β-unsaturated/α-hetero) is 1. The summed E-state index contributed by atoms with van der Waals surface area (Å²) in [6.07, 6.45) is 0.141. The molecule has 1 aliphatic carbocycles. The van der Waals surface area contributed by atoms with Gasteiger partial charge in [0.15, 0.2) is 5.78 Å². The van der Waals surface area contributed by atoms with E-state index in [1.807, 2.05) is 25.1 Å². The SMILES string of the molecule is Cc1ccc2c(c1)C(=O)C(C(C)O)C2. The number of benzene rings is 1. The predicted octanol–water partition coefficient (Wildman–Crippen LogP) is 1.73. The average molecular weight is 190 g/mol. The maximum absolute atomic E-state index is 11.8. The molecule has 2 unspecified atom stereocenters. The molecule has 0 aromatic heterocycles. The molecule has 1 aliphatic rings. The van der Waals surface area contributed by atoms with Crippen LogP contribution >= 0.6 is 0 Å².